The highest BCUT2D eigenvalue weighted by Crippen LogP contribution is 2.23. The normalized spacial score (nSPS) is 20.4. The lowest BCUT2D eigenvalue weighted by molar-refractivity contribution is -0.138. The fraction of sp³-hybridized carbons (Fsp3) is 0.529. The first-order valence-electron chi connectivity index (χ1n) is 8.23. The molecule has 7 nitrogen and oxygen atoms in total. The molecule has 1 unspecified atom stereocenters. The number of carboxylic acids is 1. The summed E-state index contributed by atoms with van der Waals surface area (Å²) in [6, 6.07) is 5.71. The van der Waals surface area contributed by atoms with Crippen molar-refractivity contribution in [3.63, 3.8) is 0 Å². The van der Waals surface area contributed by atoms with E-state index in [2.05, 4.69) is 5.32 Å². The summed E-state index contributed by atoms with van der Waals surface area (Å²) in [6.45, 7) is 2.46. The van der Waals surface area contributed by atoms with Crippen molar-refractivity contribution in [3.05, 3.63) is 29.8 Å². The number of carboxylic acid groups (broad SMARTS) is 1. The molecule has 1 atom stereocenters. The molecule has 1 saturated heterocycles. The average Bonchev–Trinajstić information content (AvgIpc) is 3.00. The predicted octanol–water partition coefficient (Wildman–Crippen LogP) is 1.62. The minimum atomic E-state index is -3.34. The van der Waals surface area contributed by atoms with E-state index in [0.29, 0.717) is 19.4 Å². The summed E-state index contributed by atoms with van der Waals surface area (Å²) < 4.78 is 29.5. The Morgan fingerprint density at radius 2 is 1.96 bits per heavy atom. The first-order chi connectivity index (χ1) is 11.8. The van der Waals surface area contributed by atoms with Crippen LogP contribution < -0.4 is 5.32 Å². The molecule has 2 rings (SSSR count). The smallest absolute Gasteiger partial charge is 0.305 e. The van der Waals surface area contributed by atoms with Gasteiger partial charge in [0.15, 0.2) is 9.84 Å². The zero-order chi connectivity index (χ0) is 18.5. The van der Waals surface area contributed by atoms with Crippen LogP contribution in [0.5, 0.6) is 0 Å². The summed E-state index contributed by atoms with van der Waals surface area (Å²) in [4.78, 5) is 23.6. The first-order valence-corrected chi connectivity index (χ1v) is 9.88. The lowest BCUT2D eigenvalue weighted by Crippen LogP contribution is -2.50. The topological polar surface area (TPSA) is 110 Å². The van der Waals surface area contributed by atoms with E-state index in [9.17, 15) is 18.0 Å². The van der Waals surface area contributed by atoms with E-state index in [0.717, 1.165) is 6.42 Å². The Morgan fingerprint density at radius 3 is 2.48 bits per heavy atom. The van der Waals surface area contributed by atoms with Crippen molar-refractivity contribution in [2.45, 2.75) is 43.0 Å². The minimum Gasteiger partial charge on any atom is -0.481 e. The van der Waals surface area contributed by atoms with Crippen LogP contribution in [0.3, 0.4) is 0 Å². The lowest BCUT2D eigenvalue weighted by Gasteiger charge is -2.27. The fourth-order valence-corrected chi connectivity index (χ4v) is 4.21. The van der Waals surface area contributed by atoms with E-state index in [4.69, 9.17) is 9.84 Å². The molecule has 8 heteroatoms. The molecule has 0 spiro atoms. The van der Waals surface area contributed by atoms with E-state index in [1.165, 1.54) is 24.3 Å². The van der Waals surface area contributed by atoms with Gasteiger partial charge in [0.05, 0.1) is 29.2 Å². The molecule has 0 saturated carbocycles. The van der Waals surface area contributed by atoms with E-state index >= 15 is 0 Å². The van der Waals surface area contributed by atoms with Crippen LogP contribution in [0.2, 0.25) is 0 Å². The number of rotatable bonds is 8. The molecule has 25 heavy (non-hydrogen) atoms. The van der Waals surface area contributed by atoms with Crippen LogP contribution >= 0.6 is 0 Å². The number of hydrogen-bond acceptors (Lipinski definition) is 5. The van der Waals surface area contributed by atoms with E-state index < -0.39 is 27.3 Å². The summed E-state index contributed by atoms with van der Waals surface area (Å²) in [7, 11) is -3.34. The summed E-state index contributed by atoms with van der Waals surface area (Å²) >= 11 is 0. The first kappa shape index (κ1) is 19.4. The second-order valence-electron chi connectivity index (χ2n) is 6.30. The summed E-state index contributed by atoms with van der Waals surface area (Å²) in [6.07, 6.45) is 1.58. The fourth-order valence-electron chi connectivity index (χ4n) is 2.76. The third kappa shape index (κ3) is 5.02. The number of sulfone groups is 1. The van der Waals surface area contributed by atoms with Crippen LogP contribution in [-0.4, -0.2) is 49.9 Å². The van der Waals surface area contributed by atoms with Crippen molar-refractivity contribution < 1.29 is 27.9 Å². The van der Waals surface area contributed by atoms with Crippen LogP contribution in [0.4, 0.5) is 0 Å². The second-order valence-corrected chi connectivity index (χ2v) is 8.41. The molecule has 1 aromatic rings. The molecule has 1 heterocycles. The number of amides is 1. The third-order valence-electron chi connectivity index (χ3n) is 4.21. The number of carbonyl (C=O) groups is 2. The van der Waals surface area contributed by atoms with Crippen LogP contribution in [0.15, 0.2) is 29.2 Å². The van der Waals surface area contributed by atoms with Crippen molar-refractivity contribution in [2.24, 2.45) is 0 Å². The summed E-state index contributed by atoms with van der Waals surface area (Å²) in [5.74, 6) is -1.37. The molecule has 0 aromatic heterocycles. The van der Waals surface area contributed by atoms with Gasteiger partial charge in [-0.15, -0.1) is 0 Å². The minimum absolute atomic E-state index is 0.0775. The number of hydrogen-bond donors (Lipinski definition) is 2. The lowest BCUT2D eigenvalue weighted by atomic mass is 9.94. The maximum atomic E-state index is 12.4. The monoisotopic (exact) mass is 369 g/mol. The molecule has 1 fully saturated rings. The quantitative estimate of drug-likeness (QED) is 0.721. The van der Waals surface area contributed by atoms with E-state index in [1.807, 2.05) is 6.92 Å². The Hall–Kier alpha value is -1.93. The molecular formula is C17H23NO6S. The van der Waals surface area contributed by atoms with Gasteiger partial charge >= 0.3 is 5.97 Å². The zero-order valence-corrected chi connectivity index (χ0v) is 15.0. The van der Waals surface area contributed by atoms with Gasteiger partial charge in [0.1, 0.15) is 0 Å². The van der Waals surface area contributed by atoms with Crippen molar-refractivity contribution in [2.75, 3.05) is 19.0 Å². The maximum absolute atomic E-state index is 12.4. The highest BCUT2D eigenvalue weighted by molar-refractivity contribution is 7.91. The number of nitrogens with one attached hydrogen (secondary N) is 1. The second kappa shape index (κ2) is 7.97. The third-order valence-corrected chi connectivity index (χ3v) is 6.03. The summed E-state index contributed by atoms with van der Waals surface area (Å²) in [5.41, 5.74) is -0.638. The van der Waals surface area contributed by atoms with Gasteiger partial charge < -0.3 is 15.2 Å². The predicted molar refractivity (Wildman–Crippen MR) is 91.3 cm³/mol. The van der Waals surface area contributed by atoms with Gasteiger partial charge in [0.2, 0.25) is 0 Å². The Morgan fingerprint density at radius 1 is 1.28 bits per heavy atom. The van der Waals surface area contributed by atoms with Gasteiger partial charge in [-0.05, 0) is 37.1 Å². The number of unbranched alkanes of at least 4 members (excludes halogenated alkanes) is 1. The Kier molecular flexibility index (Phi) is 6.18. The number of ether oxygens (including phenoxy) is 1. The van der Waals surface area contributed by atoms with Crippen molar-refractivity contribution in [3.8, 4) is 0 Å². The van der Waals surface area contributed by atoms with Crippen LogP contribution in [0.25, 0.3) is 0 Å². The number of benzene rings is 1. The average molecular weight is 369 g/mol. The van der Waals surface area contributed by atoms with Gasteiger partial charge in [-0.1, -0.05) is 13.3 Å². The SMILES string of the molecule is CCCCS(=O)(=O)c1ccc(C(=O)NC2(CC(=O)O)CCOC2)cc1. The number of carbonyl (C=O) groups excluding carboxylic acids is 1. The molecular weight excluding hydrogens is 346 g/mol. The van der Waals surface area contributed by atoms with Gasteiger partial charge in [-0.25, -0.2) is 8.42 Å². The molecule has 1 aliphatic rings. The van der Waals surface area contributed by atoms with Crippen LogP contribution in [0.1, 0.15) is 43.0 Å². The summed E-state index contributed by atoms with van der Waals surface area (Å²) in [5, 5.41) is 11.8. The van der Waals surface area contributed by atoms with Gasteiger partial charge in [-0.2, -0.15) is 0 Å². The molecule has 0 radical (unpaired) electrons. The van der Waals surface area contributed by atoms with Crippen LogP contribution in [0, 0.1) is 0 Å². The van der Waals surface area contributed by atoms with Crippen molar-refractivity contribution in [1.29, 1.82) is 0 Å². The highest BCUT2D eigenvalue weighted by Gasteiger charge is 2.38. The van der Waals surface area contributed by atoms with E-state index in [-0.39, 0.29) is 29.2 Å². The standard InChI is InChI=1S/C17H23NO6S/c1-2-3-10-25(22,23)14-6-4-13(5-7-14)16(21)18-17(11-15(19)20)8-9-24-12-17/h4-7H,2-3,8-12H2,1H3,(H,18,21)(H,19,20). The molecule has 138 valence electrons. The zero-order valence-electron chi connectivity index (χ0n) is 14.2. The van der Waals surface area contributed by atoms with Gasteiger partial charge in [-0.3, -0.25) is 9.59 Å². The molecule has 0 aliphatic carbocycles. The number of aliphatic carboxylic acids is 1. The molecule has 1 aromatic carbocycles. The highest BCUT2D eigenvalue weighted by atomic mass is 32.2. The van der Waals surface area contributed by atoms with Gasteiger partial charge in [0.25, 0.3) is 5.91 Å². The molecule has 0 bridgehead atoms. The molecule has 1 aliphatic heterocycles. The largest absolute Gasteiger partial charge is 0.481 e. The van der Waals surface area contributed by atoms with Crippen LogP contribution in [-0.2, 0) is 19.4 Å². The Bertz CT molecular complexity index is 720. The molecule has 2 N–H and O–H groups in total. The van der Waals surface area contributed by atoms with E-state index in [1.54, 1.807) is 0 Å². The maximum Gasteiger partial charge on any atom is 0.305 e. The van der Waals surface area contributed by atoms with Crippen molar-refractivity contribution >= 4 is 21.7 Å². The van der Waals surface area contributed by atoms with Gasteiger partial charge in [0, 0.05) is 12.2 Å². The Balaban J connectivity index is 2.11. The Labute approximate surface area is 147 Å². The van der Waals surface area contributed by atoms with Crippen molar-refractivity contribution in [1.82, 2.24) is 5.32 Å². The molecule has 1 amide bonds.